The van der Waals surface area contributed by atoms with E-state index >= 15 is 0 Å². The van der Waals surface area contributed by atoms with Gasteiger partial charge in [0.1, 0.15) is 11.5 Å². The number of hydrogen-bond acceptors (Lipinski definition) is 5. The Hall–Kier alpha value is -2.53. The number of phenolic OH excluding ortho intramolecular Hbond substituents is 1. The fourth-order valence-electron chi connectivity index (χ4n) is 1.89. The van der Waals surface area contributed by atoms with E-state index in [1.54, 1.807) is 25.3 Å². The molecule has 0 radical (unpaired) electrons. The molecule has 0 saturated heterocycles. The Morgan fingerprint density at radius 2 is 2.05 bits per heavy atom. The Morgan fingerprint density at radius 1 is 1.19 bits per heavy atom. The molecule has 0 atom stereocenters. The van der Waals surface area contributed by atoms with Gasteiger partial charge in [0.25, 0.3) is 5.89 Å². The van der Waals surface area contributed by atoms with Gasteiger partial charge in [0.15, 0.2) is 0 Å². The number of nitrogens with zero attached hydrogens (tertiary/aromatic N) is 2. The van der Waals surface area contributed by atoms with Crippen LogP contribution in [-0.2, 0) is 0 Å². The van der Waals surface area contributed by atoms with Gasteiger partial charge in [-0.1, -0.05) is 28.9 Å². The van der Waals surface area contributed by atoms with Crippen LogP contribution in [0.3, 0.4) is 0 Å². The highest BCUT2D eigenvalue weighted by molar-refractivity contribution is 6.30. The summed E-state index contributed by atoms with van der Waals surface area (Å²) in [6, 6.07) is 11.9. The van der Waals surface area contributed by atoms with Crippen LogP contribution in [0.4, 0.5) is 0 Å². The molecule has 0 aliphatic carbocycles. The molecule has 0 aliphatic rings. The zero-order valence-electron chi connectivity index (χ0n) is 11.1. The van der Waals surface area contributed by atoms with Crippen molar-refractivity contribution >= 4 is 11.6 Å². The minimum absolute atomic E-state index is 0.0280. The summed E-state index contributed by atoms with van der Waals surface area (Å²) in [5, 5.41) is 14.2. The van der Waals surface area contributed by atoms with Crippen LogP contribution in [0.25, 0.3) is 22.8 Å². The minimum atomic E-state index is 0.0280. The summed E-state index contributed by atoms with van der Waals surface area (Å²) in [5.74, 6) is 1.33. The van der Waals surface area contributed by atoms with Crippen molar-refractivity contribution in [2.45, 2.75) is 0 Å². The highest BCUT2D eigenvalue weighted by Gasteiger charge is 2.14. The van der Waals surface area contributed by atoms with Crippen LogP contribution in [0.1, 0.15) is 0 Å². The summed E-state index contributed by atoms with van der Waals surface area (Å²) in [5.41, 5.74) is 1.15. The van der Waals surface area contributed by atoms with Crippen molar-refractivity contribution < 1.29 is 14.4 Å². The highest BCUT2D eigenvalue weighted by atomic mass is 35.5. The third-order valence-electron chi connectivity index (χ3n) is 2.94. The molecule has 1 heterocycles. The summed E-state index contributed by atoms with van der Waals surface area (Å²) in [6.45, 7) is 0. The van der Waals surface area contributed by atoms with E-state index in [4.69, 9.17) is 20.9 Å². The van der Waals surface area contributed by atoms with Gasteiger partial charge in [-0.3, -0.25) is 0 Å². The van der Waals surface area contributed by atoms with Crippen LogP contribution in [0.5, 0.6) is 11.5 Å². The van der Waals surface area contributed by atoms with Crippen LogP contribution in [0.15, 0.2) is 47.0 Å². The first-order valence-electron chi connectivity index (χ1n) is 6.14. The SMILES string of the molecule is COc1cccc(-c2noc(-c3cc(Cl)ccc3O)n2)c1. The number of rotatable bonds is 3. The van der Waals surface area contributed by atoms with Crippen molar-refractivity contribution in [3.63, 3.8) is 0 Å². The largest absolute Gasteiger partial charge is 0.507 e. The maximum absolute atomic E-state index is 9.84. The first-order chi connectivity index (χ1) is 10.2. The van der Waals surface area contributed by atoms with Crippen LogP contribution in [0, 0.1) is 0 Å². The fraction of sp³-hybridized carbons (Fsp3) is 0.0667. The Kier molecular flexibility index (Phi) is 3.50. The molecular weight excluding hydrogens is 292 g/mol. The Bertz CT molecular complexity index is 786. The van der Waals surface area contributed by atoms with Crippen molar-refractivity contribution in [1.29, 1.82) is 0 Å². The molecule has 0 spiro atoms. The van der Waals surface area contributed by atoms with Gasteiger partial charge in [-0.05, 0) is 30.3 Å². The molecule has 0 unspecified atom stereocenters. The Balaban J connectivity index is 2.01. The third kappa shape index (κ3) is 2.68. The average molecular weight is 303 g/mol. The average Bonchev–Trinajstić information content (AvgIpc) is 2.99. The number of phenols is 1. The summed E-state index contributed by atoms with van der Waals surface area (Å²) in [7, 11) is 1.59. The van der Waals surface area contributed by atoms with Crippen molar-refractivity contribution in [3.05, 3.63) is 47.5 Å². The van der Waals surface area contributed by atoms with E-state index in [-0.39, 0.29) is 11.6 Å². The zero-order chi connectivity index (χ0) is 14.8. The molecular formula is C15H11ClN2O3. The maximum Gasteiger partial charge on any atom is 0.262 e. The van der Waals surface area contributed by atoms with E-state index in [9.17, 15) is 5.11 Å². The quantitative estimate of drug-likeness (QED) is 0.797. The third-order valence-corrected chi connectivity index (χ3v) is 3.18. The molecule has 0 saturated carbocycles. The summed E-state index contributed by atoms with van der Waals surface area (Å²) in [6.07, 6.45) is 0. The number of hydrogen-bond donors (Lipinski definition) is 1. The van der Waals surface area contributed by atoms with Gasteiger partial charge < -0.3 is 14.4 Å². The zero-order valence-corrected chi connectivity index (χ0v) is 11.8. The molecule has 6 heteroatoms. The lowest BCUT2D eigenvalue weighted by Crippen LogP contribution is -1.85. The van der Waals surface area contributed by atoms with Gasteiger partial charge in [-0.15, -0.1) is 0 Å². The molecule has 0 amide bonds. The number of halogens is 1. The van der Waals surface area contributed by atoms with Gasteiger partial charge in [0.05, 0.1) is 12.7 Å². The normalized spacial score (nSPS) is 10.6. The van der Waals surface area contributed by atoms with Crippen LogP contribution in [0.2, 0.25) is 5.02 Å². The van der Waals surface area contributed by atoms with E-state index in [2.05, 4.69) is 10.1 Å². The summed E-state index contributed by atoms with van der Waals surface area (Å²) < 4.78 is 10.4. The molecule has 1 aromatic heterocycles. The topological polar surface area (TPSA) is 68.4 Å². The van der Waals surface area contributed by atoms with Crippen LogP contribution in [-0.4, -0.2) is 22.4 Å². The highest BCUT2D eigenvalue weighted by Crippen LogP contribution is 2.32. The lowest BCUT2D eigenvalue weighted by Gasteiger charge is -2.00. The van der Waals surface area contributed by atoms with Crippen molar-refractivity contribution in [2.75, 3.05) is 7.11 Å². The maximum atomic E-state index is 9.84. The predicted octanol–water partition coefficient (Wildman–Crippen LogP) is 3.77. The van der Waals surface area contributed by atoms with Crippen LogP contribution >= 0.6 is 11.6 Å². The van der Waals surface area contributed by atoms with E-state index in [0.717, 1.165) is 5.56 Å². The number of aromatic hydroxyl groups is 1. The lowest BCUT2D eigenvalue weighted by atomic mass is 10.2. The molecule has 0 aliphatic heterocycles. The van der Waals surface area contributed by atoms with Gasteiger partial charge in [-0.25, -0.2) is 0 Å². The summed E-state index contributed by atoms with van der Waals surface area (Å²) in [4.78, 5) is 4.28. The number of aromatic nitrogens is 2. The van der Waals surface area contributed by atoms with Gasteiger partial charge >= 0.3 is 0 Å². The van der Waals surface area contributed by atoms with Crippen molar-refractivity contribution in [2.24, 2.45) is 0 Å². The molecule has 21 heavy (non-hydrogen) atoms. The molecule has 1 N–H and O–H groups in total. The molecule has 106 valence electrons. The molecule has 0 bridgehead atoms. The second-order valence-corrected chi connectivity index (χ2v) is 4.75. The smallest absolute Gasteiger partial charge is 0.262 e. The monoisotopic (exact) mass is 302 g/mol. The number of benzene rings is 2. The Labute approximate surface area is 125 Å². The van der Waals surface area contributed by atoms with Crippen molar-refractivity contribution in [3.8, 4) is 34.3 Å². The van der Waals surface area contributed by atoms with Gasteiger partial charge in [0.2, 0.25) is 5.82 Å². The first-order valence-corrected chi connectivity index (χ1v) is 6.52. The summed E-state index contributed by atoms with van der Waals surface area (Å²) >= 11 is 5.91. The van der Waals surface area contributed by atoms with Crippen LogP contribution < -0.4 is 4.74 Å². The van der Waals surface area contributed by atoms with E-state index in [1.165, 1.54) is 6.07 Å². The van der Waals surface area contributed by atoms with E-state index in [0.29, 0.717) is 22.2 Å². The van der Waals surface area contributed by atoms with Crippen molar-refractivity contribution in [1.82, 2.24) is 10.1 Å². The Morgan fingerprint density at radius 3 is 2.86 bits per heavy atom. The molecule has 2 aromatic carbocycles. The van der Waals surface area contributed by atoms with Gasteiger partial charge in [-0.2, -0.15) is 4.98 Å². The first kappa shape index (κ1) is 13.5. The predicted molar refractivity (Wildman–Crippen MR) is 78.4 cm³/mol. The molecule has 3 rings (SSSR count). The molecule has 3 aromatic rings. The van der Waals surface area contributed by atoms with E-state index < -0.39 is 0 Å². The second-order valence-electron chi connectivity index (χ2n) is 4.32. The van der Waals surface area contributed by atoms with Gasteiger partial charge in [0, 0.05) is 10.6 Å². The second kappa shape index (κ2) is 5.46. The van der Waals surface area contributed by atoms with E-state index in [1.807, 2.05) is 18.2 Å². The standard InChI is InChI=1S/C15H11ClN2O3/c1-20-11-4-2-3-9(7-11)14-17-15(21-18-14)12-8-10(16)5-6-13(12)19/h2-8,19H,1H3. The number of methoxy groups -OCH3 is 1. The minimum Gasteiger partial charge on any atom is -0.507 e. The lowest BCUT2D eigenvalue weighted by molar-refractivity contribution is 0.414. The fourth-order valence-corrected chi connectivity index (χ4v) is 2.06. The molecule has 5 nitrogen and oxygen atoms in total. The molecule has 0 fully saturated rings. The number of ether oxygens (including phenoxy) is 1.